The summed E-state index contributed by atoms with van der Waals surface area (Å²) < 4.78 is 0. The van der Waals surface area contributed by atoms with Gasteiger partial charge in [0.05, 0.1) is 6.54 Å². The standard InChI is InChI=1S/C10H12ClN3/c1-7-4-8(6-14-10(7)11)5-9-12-2-3-13-9/h4,6H,2-3,5H2,1H3,(H,12,13). The molecule has 14 heavy (non-hydrogen) atoms. The van der Waals surface area contributed by atoms with E-state index in [-0.39, 0.29) is 0 Å². The summed E-state index contributed by atoms with van der Waals surface area (Å²) >= 11 is 5.84. The number of amidine groups is 1. The van der Waals surface area contributed by atoms with Crippen molar-refractivity contribution in [2.75, 3.05) is 13.1 Å². The zero-order chi connectivity index (χ0) is 9.97. The van der Waals surface area contributed by atoms with E-state index in [9.17, 15) is 0 Å². The van der Waals surface area contributed by atoms with Gasteiger partial charge >= 0.3 is 0 Å². The highest BCUT2D eigenvalue weighted by atomic mass is 35.5. The lowest BCUT2D eigenvalue weighted by atomic mass is 10.1. The number of hydrogen-bond acceptors (Lipinski definition) is 3. The van der Waals surface area contributed by atoms with E-state index in [1.807, 2.05) is 6.92 Å². The molecule has 1 aliphatic heterocycles. The molecule has 3 nitrogen and oxygen atoms in total. The van der Waals surface area contributed by atoms with E-state index in [1.165, 1.54) is 0 Å². The molecule has 0 aromatic carbocycles. The van der Waals surface area contributed by atoms with E-state index in [2.05, 4.69) is 21.4 Å². The van der Waals surface area contributed by atoms with Crippen LogP contribution in [-0.2, 0) is 6.42 Å². The Morgan fingerprint density at radius 2 is 2.43 bits per heavy atom. The molecular weight excluding hydrogens is 198 g/mol. The summed E-state index contributed by atoms with van der Waals surface area (Å²) in [7, 11) is 0. The summed E-state index contributed by atoms with van der Waals surface area (Å²) in [6, 6.07) is 2.05. The SMILES string of the molecule is Cc1cc(CC2=NCCN2)cnc1Cl. The van der Waals surface area contributed by atoms with Crippen LogP contribution in [0, 0.1) is 6.92 Å². The Morgan fingerprint density at radius 1 is 1.57 bits per heavy atom. The van der Waals surface area contributed by atoms with Crippen LogP contribution in [0.5, 0.6) is 0 Å². The number of aryl methyl sites for hydroxylation is 1. The predicted octanol–water partition coefficient (Wildman–Crippen LogP) is 1.59. The van der Waals surface area contributed by atoms with E-state index in [0.717, 1.165) is 36.5 Å². The van der Waals surface area contributed by atoms with Crippen molar-refractivity contribution in [3.63, 3.8) is 0 Å². The molecule has 0 amide bonds. The number of nitrogens with zero attached hydrogens (tertiary/aromatic N) is 2. The van der Waals surface area contributed by atoms with Crippen molar-refractivity contribution in [3.05, 3.63) is 28.5 Å². The van der Waals surface area contributed by atoms with Gasteiger partial charge in [0, 0.05) is 19.2 Å². The van der Waals surface area contributed by atoms with Crippen LogP contribution >= 0.6 is 11.6 Å². The molecule has 2 rings (SSSR count). The minimum atomic E-state index is 0.579. The Hall–Kier alpha value is -1.09. The minimum Gasteiger partial charge on any atom is -0.372 e. The van der Waals surface area contributed by atoms with E-state index in [0.29, 0.717) is 5.15 Å². The number of hydrogen-bond donors (Lipinski definition) is 1. The second kappa shape index (κ2) is 3.96. The van der Waals surface area contributed by atoms with Gasteiger partial charge in [-0.25, -0.2) is 4.98 Å². The van der Waals surface area contributed by atoms with Crippen molar-refractivity contribution < 1.29 is 0 Å². The first-order valence-electron chi connectivity index (χ1n) is 4.64. The summed E-state index contributed by atoms with van der Waals surface area (Å²) in [5.74, 6) is 1.05. The number of rotatable bonds is 2. The van der Waals surface area contributed by atoms with Gasteiger partial charge in [-0.1, -0.05) is 17.7 Å². The van der Waals surface area contributed by atoms with Crippen LogP contribution in [0.1, 0.15) is 11.1 Å². The lowest BCUT2D eigenvalue weighted by Crippen LogP contribution is -2.20. The van der Waals surface area contributed by atoms with Crippen LogP contribution in [0.15, 0.2) is 17.3 Å². The number of aliphatic imine (C=N–C) groups is 1. The third-order valence-corrected chi connectivity index (χ3v) is 2.58. The molecule has 2 heterocycles. The molecule has 1 N–H and O–H groups in total. The van der Waals surface area contributed by atoms with Gasteiger partial charge < -0.3 is 5.32 Å². The Bertz CT molecular complexity index is 374. The van der Waals surface area contributed by atoms with Crippen LogP contribution in [0.25, 0.3) is 0 Å². The molecule has 1 aromatic heterocycles. The Balaban J connectivity index is 2.13. The van der Waals surface area contributed by atoms with Crippen molar-refractivity contribution in [1.29, 1.82) is 0 Å². The van der Waals surface area contributed by atoms with Crippen LogP contribution < -0.4 is 5.32 Å². The molecule has 0 saturated heterocycles. The molecule has 0 unspecified atom stereocenters. The minimum absolute atomic E-state index is 0.579. The lowest BCUT2D eigenvalue weighted by Gasteiger charge is -2.03. The monoisotopic (exact) mass is 209 g/mol. The molecule has 0 spiro atoms. The molecule has 0 bridgehead atoms. The first-order valence-corrected chi connectivity index (χ1v) is 5.02. The molecule has 0 radical (unpaired) electrons. The molecule has 0 atom stereocenters. The summed E-state index contributed by atoms with van der Waals surface area (Å²) in [5.41, 5.74) is 2.17. The average Bonchev–Trinajstić information content (AvgIpc) is 2.64. The summed E-state index contributed by atoms with van der Waals surface area (Å²) in [6.07, 6.45) is 2.63. The fourth-order valence-corrected chi connectivity index (χ4v) is 1.58. The molecular formula is C10H12ClN3. The maximum absolute atomic E-state index is 5.84. The molecule has 1 aromatic rings. The van der Waals surface area contributed by atoms with E-state index in [4.69, 9.17) is 11.6 Å². The van der Waals surface area contributed by atoms with Crippen molar-refractivity contribution in [2.24, 2.45) is 4.99 Å². The molecule has 74 valence electrons. The predicted molar refractivity (Wildman–Crippen MR) is 58.0 cm³/mol. The van der Waals surface area contributed by atoms with Crippen LogP contribution in [0.4, 0.5) is 0 Å². The van der Waals surface area contributed by atoms with Gasteiger partial charge in [0.2, 0.25) is 0 Å². The maximum Gasteiger partial charge on any atom is 0.131 e. The van der Waals surface area contributed by atoms with Gasteiger partial charge in [-0.15, -0.1) is 0 Å². The van der Waals surface area contributed by atoms with Crippen molar-refractivity contribution in [2.45, 2.75) is 13.3 Å². The highest BCUT2D eigenvalue weighted by molar-refractivity contribution is 6.30. The number of nitrogens with one attached hydrogen (secondary N) is 1. The topological polar surface area (TPSA) is 37.3 Å². The van der Waals surface area contributed by atoms with Gasteiger partial charge in [0.15, 0.2) is 0 Å². The first kappa shape index (κ1) is 9.46. The first-order chi connectivity index (χ1) is 6.75. The number of aromatic nitrogens is 1. The van der Waals surface area contributed by atoms with Crippen LogP contribution in [0.2, 0.25) is 5.15 Å². The van der Waals surface area contributed by atoms with E-state index < -0.39 is 0 Å². The van der Waals surface area contributed by atoms with Crippen molar-refractivity contribution in [3.8, 4) is 0 Å². The normalized spacial score (nSPS) is 15.1. The number of pyridine rings is 1. The summed E-state index contributed by atoms with van der Waals surface area (Å²) in [4.78, 5) is 8.43. The molecule has 0 fully saturated rings. The third kappa shape index (κ3) is 2.04. The molecule has 4 heteroatoms. The van der Waals surface area contributed by atoms with Crippen LogP contribution in [-0.4, -0.2) is 23.9 Å². The van der Waals surface area contributed by atoms with Gasteiger partial charge in [-0.05, 0) is 18.1 Å². The average molecular weight is 210 g/mol. The third-order valence-electron chi connectivity index (χ3n) is 2.19. The molecule has 1 aliphatic rings. The fourth-order valence-electron chi connectivity index (χ4n) is 1.47. The zero-order valence-electron chi connectivity index (χ0n) is 8.05. The highest BCUT2D eigenvalue weighted by Gasteiger charge is 2.07. The second-order valence-corrected chi connectivity index (χ2v) is 3.74. The molecule has 0 saturated carbocycles. The maximum atomic E-state index is 5.84. The lowest BCUT2D eigenvalue weighted by molar-refractivity contribution is 0.952. The summed E-state index contributed by atoms with van der Waals surface area (Å²) in [5, 5.41) is 3.81. The smallest absolute Gasteiger partial charge is 0.131 e. The fraction of sp³-hybridized carbons (Fsp3) is 0.400. The Kier molecular flexibility index (Phi) is 2.68. The number of halogens is 1. The summed E-state index contributed by atoms with van der Waals surface area (Å²) in [6.45, 7) is 3.80. The highest BCUT2D eigenvalue weighted by Crippen LogP contribution is 2.13. The van der Waals surface area contributed by atoms with Gasteiger partial charge in [0.25, 0.3) is 0 Å². The van der Waals surface area contributed by atoms with Crippen LogP contribution in [0.3, 0.4) is 0 Å². The van der Waals surface area contributed by atoms with Crippen molar-refractivity contribution >= 4 is 17.4 Å². The largest absolute Gasteiger partial charge is 0.372 e. The van der Waals surface area contributed by atoms with Gasteiger partial charge in [0.1, 0.15) is 11.0 Å². The van der Waals surface area contributed by atoms with Gasteiger partial charge in [-0.2, -0.15) is 0 Å². The quantitative estimate of drug-likeness (QED) is 0.752. The zero-order valence-corrected chi connectivity index (χ0v) is 8.80. The molecule has 0 aliphatic carbocycles. The van der Waals surface area contributed by atoms with E-state index in [1.54, 1.807) is 6.20 Å². The van der Waals surface area contributed by atoms with Crippen molar-refractivity contribution in [1.82, 2.24) is 10.3 Å². The second-order valence-electron chi connectivity index (χ2n) is 3.38. The van der Waals surface area contributed by atoms with E-state index >= 15 is 0 Å². The Labute approximate surface area is 88.2 Å². The van der Waals surface area contributed by atoms with Gasteiger partial charge in [-0.3, -0.25) is 4.99 Å². The Morgan fingerprint density at radius 3 is 3.07 bits per heavy atom.